The number of thioether (sulfide) groups is 1. The van der Waals surface area contributed by atoms with Gasteiger partial charge in [0.05, 0.1) is 12.2 Å². The van der Waals surface area contributed by atoms with Crippen molar-refractivity contribution in [2.45, 2.75) is 17.1 Å². The van der Waals surface area contributed by atoms with Crippen LogP contribution in [0.2, 0.25) is 0 Å². The van der Waals surface area contributed by atoms with Gasteiger partial charge in [-0.05, 0) is 73.2 Å². The molecule has 38 heavy (non-hydrogen) atoms. The maximum absolute atomic E-state index is 13.3. The van der Waals surface area contributed by atoms with Crippen LogP contribution < -0.4 is 16.0 Å². The molecule has 0 aliphatic heterocycles. The minimum atomic E-state index is -0.527. The molecule has 4 aromatic rings. The number of rotatable bonds is 9. The summed E-state index contributed by atoms with van der Waals surface area (Å²) < 4.78 is 5.01. The molecule has 0 fully saturated rings. The summed E-state index contributed by atoms with van der Waals surface area (Å²) in [6, 6.07) is 32.3. The third-order valence-corrected chi connectivity index (χ3v) is 6.67. The molecule has 0 saturated carbocycles. The molecule has 0 radical (unpaired) electrons. The van der Waals surface area contributed by atoms with Crippen LogP contribution in [-0.4, -0.2) is 24.5 Å². The monoisotopic (exact) mass is 525 g/mol. The third-order valence-electron chi connectivity index (χ3n) is 5.40. The Kier molecular flexibility index (Phi) is 9.15. The number of esters is 1. The number of urea groups is 1. The van der Waals surface area contributed by atoms with Crippen LogP contribution in [0.1, 0.15) is 28.1 Å². The molecule has 3 amide bonds. The van der Waals surface area contributed by atoms with Gasteiger partial charge in [-0.1, -0.05) is 48.5 Å². The minimum absolute atomic E-state index is 0.200. The van der Waals surface area contributed by atoms with Gasteiger partial charge in [-0.3, -0.25) is 4.79 Å². The van der Waals surface area contributed by atoms with Crippen LogP contribution in [0.4, 0.5) is 21.9 Å². The van der Waals surface area contributed by atoms with Crippen molar-refractivity contribution in [2.24, 2.45) is 0 Å². The molecule has 1 unspecified atom stereocenters. The first kappa shape index (κ1) is 26.5. The van der Waals surface area contributed by atoms with Gasteiger partial charge in [0.2, 0.25) is 5.91 Å². The number of carbonyl (C=O) groups is 3. The van der Waals surface area contributed by atoms with Gasteiger partial charge in [-0.15, -0.1) is 11.8 Å². The Labute approximate surface area is 225 Å². The second-order valence-electron chi connectivity index (χ2n) is 8.17. The molecular formula is C30H27N3O4S. The Hall–Kier alpha value is -4.56. The molecule has 0 heterocycles. The number of nitrogens with one attached hydrogen (secondary N) is 3. The van der Waals surface area contributed by atoms with Gasteiger partial charge in [0.1, 0.15) is 5.25 Å². The summed E-state index contributed by atoms with van der Waals surface area (Å²) in [6.07, 6.45) is 0. The van der Waals surface area contributed by atoms with Gasteiger partial charge in [0, 0.05) is 22.0 Å². The van der Waals surface area contributed by atoms with E-state index >= 15 is 0 Å². The summed E-state index contributed by atoms with van der Waals surface area (Å²) in [6.45, 7) is 2.05. The molecule has 0 aliphatic carbocycles. The number of hydrogen-bond donors (Lipinski definition) is 3. The zero-order chi connectivity index (χ0) is 26.7. The molecule has 8 heteroatoms. The van der Waals surface area contributed by atoms with Crippen molar-refractivity contribution in [1.82, 2.24) is 0 Å². The van der Waals surface area contributed by atoms with Gasteiger partial charge < -0.3 is 20.7 Å². The lowest BCUT2D eigenvalue weighted by molar-refractivity contribution is -0.115. The molecule has 0 aromatic heterocycles. The SMILES string of the molecule is CCOC(=O)c1ccc(NC(=O)C(Sc2ccc(NC(=O)Nc3ccccc3)cc2)c2ccccc2)cc1. The predicted molar refractivity (Wildman–Crippen MR) is 152 cm³/mol. The van der Waals surface area contributed by atoms with Crippen LogP contribution >= 0.6 is 11.8 Å². The van der Waals surface area contributed by atoms with Gasteiger partial charge in [0.15, 0.2) is 0 Å². The lowest BCUT2D eigenvalue weighted by Gasteiger charge is -2.17. The highest BCUT2D eigenvalue weighted by Crippen LogP contribution is 2.36. The van der Waals surface area contributed by atoms with Crippen LogP contribution in [0.3, 0.4) is 0 Å². The Morgan fingerprint density at radius 2 is 1.21 bits per heavy atom. The van der Waals surface area contributed by atoms with E-state index in [4.69, 9.17) is 4.74 Å². The maximum atomic E-state index is 13.3. The number of carbonyl (C=O) groups excluding carboxylic acids is 3. The van der Waals surface area contributed by atoms with Crippen LogP contribution in [0.15, 0.2) is 114 Å². The summed E-state index contributed by atoms with van der Waals surface area (Å²) in [5, 5.41) is 8.00. The number of benzene rings is 4. The van der Waals surface area contributed by atoms with Gasteiger partial charge in [0.25, 0.3) is 0 Å². The van der Waals surface area contributed by atoms with Crippen molar-refractivity contribution in [2.75, 3.05) is 22.6 Å². The Bertz CT molecular complexity index is 1360. The fourth-order valence-corrected chi connectivity index (χ4v) is 4.61. The first-order valence-electron chi connectivity index (χ1n) is 12.0. The smallest absolute Gasteiger partial charge is 0.338 e. The van der Waals surface area contributed by atoms with E-state index in [9.17, 15) is 14.4 Å². The molecule has 0 saturated heterocycles. The number of anilines is 3. The minimum Gasteiger partial charge on any atom is -0.462 e. The first-order chi connectivity index (χ1) is 18.5. The van der Waals surface area contributed by atoms with E-state index in [0.29, 0.717) is 29.2 Å². The zero-order valence-corrected chi connectivity index (χ0v) is 21.5. The van der Waals surface area contributed by atoms with Crippen molar-refractivity contribution in [3.05, 3.63) is 120 Å². The third kappa shape index (κ3) is 7.47. The van der Waals surface area contributed by atoms with Crippen molar-refractivity contribution < 1.29 is 19.1 Å². The second kappa shape index (κ2) is 13.1. The number of hydrogen-bond acceptors (Lipinski definition) is 5. The highest BCUT2D eigenvalue weighted by molar-refractivity contribution is 8.00. The quantitative estimate of drug-likeness (QED) is 0.162. The Morgan fingerprint density at radius 3 is 1.82 bits per heavy atom. The molecule has 0 bridgehead atoms. The normalized spacial score (nSPS) is 11.2. The van der Waals surface area contributed by atoms with Crippen molar-refractivity contribution in [3.63, 3.8) is 0 Å². The lowest BCUT2D eigenvalue weighted by Crippen LogP contribution is -2.19. The molecule has 7 nitrogen and oxygen atoms in total. The largest absolute Gasteiger partial charge is 0.462 e. The van der Waals surface area contributed by atoms with Crippen LogP contribution in [0.5, 0.6) is 0 Å². The number of ether oxygens (including phenoxy) is 1. The molecule has 1 atom stereocenters. The van der Waals surface area contributed by atoms with Crippen molar-refractivity contribution in [1.29, 1.82) is 0 Å². The Balaban J connectivity index is 1.43. The summed E-state index contributed by atoms with van der Waals surface area (Å²) >= 11 is 1.40. The number of amides is 3. The zero-order valence-electron chi connectivity index (χ0n) is 20.7. The second-order valence-corrected chi connectivity index (χ2v) is 9.34. The van der Waals surface area contributed by atoms with E-state index in [1.54, 1.807) is 43.3 Å². The molecule has 0 aliphatic rings. The molecule has 4 rings (SSSR count). The van der Waals surface area contributed by atoms with Crippen LogP contribution in [0.25, 0.3) is 0 Å². The fourth-order valence-electron chi connectivity index (χ4n) is 3.58. The van der Waals surface area contributed by atoms with E-state index < -0.39 is 11.2 Å². The molecule has 4 aromatic carbocycles. The van der Waals surface area contributed by atoms with Gasteiger partial charge >= 0.3 is 12.0 Å². The van der Waals surface area contributed by atoms with Crippen molar-refractivity contribution in [3.8, 4) is 0 Å². The molecular weight excluding hydrogens is 498 g/mol. The highest BCUT2D eigenvalue weighted by atomic mass is 32.2. The standard InChI is InChI=1S/C30H27N3O4S/c1-2-37-29(35)22-13-15-24(16-14-22)31-28(34)27(21-9-5-3-6-10-21)38-26-19-17-25(18-20-26)33-30(36)32-23-11-7-4-8-12-23/h3-20,27H,2H2,1H3,(H,31,34)(H2,32,33,36). The average molecular weight is 526 g/mol. The maximum Gasteiger partial charge on any atom is 0.338 e. The van der Waals surface area contributed by atoms with Gasteiger partial charge in [-0.2, -0.15) is 0 Å². The molecule has 0 spiro atoms. The van der Waals surface area contributed by atoms with Gasteiger partial charge in [-0.25, -0.2) is 9.59 Å². The van der Waals surface area contributed by atoms with E-state index in [-0.39, 0.29) is 11.9 Å². The average Bonchev–Trinajstić information content (AvgIpc) is 2.94. The predicted octanol–water partition coefficient (Wildman–Crippen LogP) is 6.98. The topological polar surface area (TPSA) is 96.5 Å². The highest BCUT2D eigenvalue weighted by Gasteiger charge is 2.22. The summed E-state index contributed by atoms with van der Waals surface area (Å²) in [5.41, 5.74) is 3.18. The fraction of sp³-hybridized carbons (Fsp3) is 0.100. The first-order valence-corrected chi connectivity index (χ1v) is 12.9. The Morgan fingerprint density at radius 1 is 0.684 bits per heavy atom. The molecule has 192 valence electrons. The molecule has 3 N–H and O–H groups in total. The van der Waals surface area contributed by atoms with E-state index in [1.165, 1.54) is 11.8 Å². The van der Waals surface area contributed by atoms with E-state index in [1.807, 2.05) is 72.8 Å². The van der Waals surface area contributed by atoms with E-state index in [2.05, 4.69) is 16.0 Å². The van der Waals surface area contributed by atoms with E-state index in [0.717, 1.165) is 10.5 Å². The number of para-hydroxylation sites is 1. The van der Waals surface area contributed by atoms with Crippen LogP contribution in [0, 0.1) is 0 Å². The summed E-state index contributed by atoms with van der Waals surface area (Å²) in [5.74, 6) is -0.604. The van der Waals surface area contributed by atoms with Crippen molar-refractivity contribution >= 4 is 46.7 Å². The summed E-state index contributed by atoms with van der Waals surface area (Å²) in [7, 11) is 0. The summed E-state index contributed by atoms with van der Waals surface area (Å²) in [4.78, 5) is 38.4. The lowest BCUT2D eigenvalue weighted by atomic mass is 10.1. The van der Waals surface area contributed by atoms with Crippen LogP contribution in [-0.2, 0) is 9.53 Å².